The van der Waals surface area contributed by atoms with Crippen LogP contribution in [0.5, 0.6) is 11.5 Å². The summed E-state index contributed by atoms with van der Waals surface area (Å²) in [6, 6.07) is 21.2. The van der Waals surface area contributed by atoms with Crippen molar-refractivity contribution in [3.8, 4) is 11.5 Å². The van der Waals surface area contributed by atoms with Crippen LogP contribution in [0.4, 0.5) is 0 Å². The summed E-state index contributed by atoms with van der Waals surface area (Å²) in [7, 11) is 0. The zero-order valence-electron chi connectivity index (χ0n) is 16.2. The summed E-state index contributed by atoms with van der Waals surface area (Å²) in [5.74, 6) is 0.200. The van der Waals surface area contributed by atoms with E-state index in [-0.39, 0.29) is 12.5 Å². The number of amides is 1. The molecule has 0 unspecified atom stereocenters. The fourth-order valence-corrected chi connectivity index (χ4v) is 2.85. The Morgan fingerprint density at radius 3 is 2.33 bits per heavy atom. The number of hydrazone groups is 1. The number of carbonyl (C=O) groups excluding carboxylic acids is 2. The minimum absolute atomic E-state index is 0.135. The number of nitrogens with zero attached hydrogens (tertiary/aromatic N) is 1. The summed E-state index contributed by atoms with van der Waals surface area (Å²) in [6.07, 6.45) is 1.49. The maximum Gasteiger partial charge on any atom is 0.344 e. The molecular weight excluding hydrogens is 448 g/mol. The second-order valence-electron chi connectivity index (χ2n) is 6.33. The second-order valence-corrected chi connectivity index (χ2v) is 7.19. The molecule has 0 fully saturated rings. The number of esters is 1. The Hall–Kier alpha value is -3.45. The second kappa shape index (κ2) is 10.4. The van der Waals surface area contributed by atoms with Crippen molar-refractivity contribution in [3.63, 3.8) is 0 Å². The predicted molar refractivity (Wildman–Crippen MR) is 118 cm³/mol. The summed E-state index contributed by atoms with van der Waals surface area (Å²) in [6.45, 7) is 1.84. The Balaban J connectivity index is 1.47. The number of ether oxygens (including phenoxy) is 2. The summed E-state index contributed by atoms with van der Waals surface area (Å²) in [5, 5.41) is 3.90. The van der Waals surface area contributed by atoms with Crippen molar-refractivity contribution in [2.45, 2.75) is 6.92 Å². The number of hydrogen-bond donors (Lipinski definition) is 1. The molecular formula is C23H19BrN2O4. The van der Waals surface area contributed by atoms with E-state index in [9.17, 15) is 9.59 Å². The molecule has 0 heterocycles. The summed E-state index contributed by atoms with van der Waals surface area (Å²) in [4.78, 5) is 24.0. The lowest BCUT2D eigenvalue weighted by atomic mass is 10.2. The normalized spacial score (nSPS) is 10.6. The van der Waals surface area contributed by atoms with Crippen molar-refractivity contribution < 1.29 is 19.1 Å². The minimum Gasteiger partial charge on any atom is -0.484 e. The molecule has 3 aromatic carbocycles. The van der Waals surface area contributed by atoms with Gasteiger partial charge in [-0.3, -0.25) is 4.79 Å². The molecule has 0 aliphatic carbocycles. The van der Waals surface area contributed by atoms with E-state index in [1.54, 1.807) is 54.6 Å². The molecule has 0 aliphatic rings. The van der Waals surface area contributed by atoms with Gasteiger partial charge in [-0.15, -0.1) is 0 Å². The summed E-state index contributed by atoms with van der Waals surface area (Å²) >= 11 is 3.33. The van der Waals surface area contributed by atoms with Crippen LogP contribution in [0, 0.1) is 6.92 Å². The third-order valence-electron chi connectivity index (χ3n) is 3.98. The molecule has 0 saturated heterocycles. The van der Waals surface area contributed by atoms with Crippen molar-refractivity contribution in [1.29, 1.82) is 0 Å². The third kappa shape index (κ3) is 6.28. The number of benzene rings is 3. The van der Waals surface area contributed by atoms with E-state index in [1.165, 1.54) is 6.21 Å². The highest BCUT2D eigenvalue weighted by Gasteiger charge is 2.11. The van der Waals surface area contributed by atoms with Gasteiger partial charge < -0.3 is 9.47 Å². The number of nitrogens with one attached hydrogen (secondary N) is 1. The van der Waals surface area contributed by atoms with Gasteiger partial charge in [0, 0.05) is 4.47 Å². The first kappa shape index (κ1) is 21.3. The van der Waals surface area contributed by atoms with Gasteiger partial charge in [0.25, 0.3) is 5.91 Å². The standard InChI is InChI=1S/C23H19BrN2O4/c1-16-6-10-18(11-7-16)29-15-22(27)26-25-14-17-8-12-19(13-9-17)30-23(28)20-4-2-3-5-21(20)24/h2-14H,15H2,1H3,(H,26,27)/b25-14+. The van der Waals surface area contributed by atoms with Gasteiger partial charge in [0.15, 0.2) is 6.61 Å². The lowest BCUT2D eigenvalue weighted by molar-refractivity contribution is -0.123. The van der Waals surface area contributed by atoms with Gasteiger partial charge >= 0.3 is 5.97 Å². The van der Waals surface area contributed by atoms with E-state index in [0.717, 1.165) is 11.1 Å². The lowest BCUT2D eigenvalue weighted by Gasteiger charge is -2.06. The zero-order chi connectivity index (χ0) is 21.3. The first-order valence-electron chi connectivity index (χ1n) is 9.09. The molecule has 7 heteroatoms. The molecule has 1 amide bonds. The van der Waals surface area contributed by atoms with Crippen molar-refractivity contribution >= 4 is 34.0 Å². The molecule has 0 atom stereocenters. The third-order valence-corrected chi connectivity index (χ3v) is 4.67. The Morgan fingerprint density at radius 1 is 0.967 bits per heavy atom. The molecule has 3 rings (SSSR count). The van der Waals surface area contributed by atoms with Gasteiger partial charge in [0.2, 0.25) is 0 Å². The van der Waals surface area contributed by atoms with Crippen LogP contribution in [-0.4, -0.2) is 24.7 Å². The van der Waals surface area contributed by atoms with E-state index < -0.39 is 5.97 Å². The van der Waals surface area contributed by atoms with Crippen LogP contribution >= 0.6 is 15.9 Å². The number of rotatable bonds is 7. The van der Waals surface area contributed by atoms with Gasteiger partial charge in [-0.1, -0.05) is 29.8 Å². The smallest absolute Gasteiger partial charge is 0.344 e. The fourth-order valence-electron chi connectivity index (χ4n) is 2.41. The van der Waals surface area contributed by atoms with Crippen LogP contribution in [0.3, 0.4) is 0 Å². The molecule has 0 aromatic heterocycles. The number of aryl methyl sites for hydroxylation is 1. The Labute approximate surface area is 182 Å². The quantitative estimate of drug-likeness (QED) is 0.240. The molecule has 0 saturated carbocycles. The van der Waals surface area contributed by atoms with Gasteiger partial charge in [-0.2, -0.15) is 5.10 Å². The van der Waals surface area contributed by atoms with Gasteiger partial charge in [-0.05, 0) is 76.9 Å². The van der Waals surface area contributed by atoms with E-state index >= 15 is 0 Å². The first-order chi connectivity index (χ1) is 14.5. The first-order valence-corrected chi connectivity index (χ1v) is 9.89. The molecule has 3 aromatic rings. The minimum atomic E-state index is -0.454. The van der Waals surface area contributed by atoms with Gasteiger partial charge in [-0.25, -0.2) is 10.2 Å². The van der Waals surface area contributed by atoms with E-state index in [0.29, 0.717) is 21.5 Å². The van der Waals surface area contributed by atoms with Crippen molar-refractivity contribution in [3.05, 3.63) is 94.0 Å². The zero-order valence-corrected chi connectivity index (χ0v) is 17.8. The monoisotopic (exact) mass is 466 g/mol. The van der Waals surface area contributed by atoms with E-state index in [1.807, 2.05) is 25.1 Å². The van der Waals surface area contributed by atoms with Crippen molar-refractivity contribution in [2.24, 2.45) is 5.10 Å². The number of halogens is 1. The van der Waals surface area contributed by atoms with E-state index in [4.69, 9.17) is 9.47 Å². The highest BCUT2D eigenvalue weighted by Crippen LogP contribution is 2.19. The van der Waals surface area contributed by atoms with Crippen LogP contribution in [0.1, 0.15) is 21.5 Å². The lowest BCUT2D eigenvalue weighted by Crippen LogP contribution is -2.24. The average molecular weight is 467 g/mol. The Bertz CT molecular complexity index is 1050. The number of hydrogen-bond acceptors (Lipinski definition) is 5. The Kier molecular flexibility index (Phi) is 7.34. The highest BCUT2D eigenvalue weighted by molar-refractivity contribution is 9.10. The van der Waals surface area contributed by atoms with Crippen LogP contribution < -0.4 is 14.9 Å². The Morgan fingerprint density at radius 2 is 1.63 bits per heavy atom. The molecule has 0 radical (unpaired) electrons. The molecule has 30 heavy (non-hydrogen) atoms. The maximum absolute atomic E-state index is 12.2. The van der Waals surface area contributed by atoms with Gasteiger partial charge in [0.05, 0.1) is 11.8 Å². The number of carbonyl (C=O) groups is 2. The topological polar surface area (TPSA) is 77.0 Å². The molecule has 152 valence electrons. The average Bonchev–Trinajstić information content (AvgIpc) is 2.75. The van der Waals surface area contributed by atoms with Crippen LogP contribution in [0.15, 0.2) is 82.4 Å². The molecule has 1 N–H and O–H groups in total. The van der Waals surface area contributed by atoms with Crippen LogP contribution in [0.2, 0.25) is 0 Å². The summed E-state index contributed by atoms with van der Waals surface area (Å²) < 4.78 is 11.4. The van der Waals surface area contributed by atoms with Crippen LogP contribution in [-0.2, 0) is 4.79 Å². The van der Waals surface area contributed by atoms with Gasteiger partial charge in [0.1, 0.15) is 11.5 Å². The molecule has 0 bridgehead atoms. The predicted octanol–water partition coefficient (Wildman–Crippen LogP) is 4.51. The van der Waals surface area contributed by atoms with Crippen LogP contribution in [0.25, 0.3) is 0 Å². The molecule has 0 spiro atoms. The molecule has 0 aliphatic heterocycles. The molecule has 6 nitrogen and oxygen atoms in total. The summed E-state index contributed by atoms with van der Waals surface area (Å²) in [5.41, 5.74) is 4.69. The van der Waals surface area contributed by atoms with Crippen molar-refractivity contribution in [2.75, 3.05) is 6.61 Å². The SMILES string of the molecule is Cc1ccc(OCC(=O)N/N=C/c2ccc(OC(=O)c3ccccc3Br)cc2)cc1. The fraction of sp³-hybridized carbons (Fsp3) is 0.0870. The van der Waals surface area contributed by atoms with Crippen molar-refractivity contribution in [1.82, 2.24) is 5.43 Å². The maximum atomic E-state index is 12.2. The highest BCUT2D eigenvalue weighted by atomic mass is 79.9. The largest absolute Gasteiger partial charge is 0.484 e. The van der Waals surface area contributed by atoms with E-state index in [2.05, 4.69) is 26.5 Å².